The number of ketones is 1. The van der Waals surface area contributed by atoms with E-state index < -0.39 is 24.5 Å². The number of carbonyl (C=O) groups is 1. The largest absolute Gasteiger partial charge is 0.373 e. The van der Waals surface area contributed by atoms with E-state index in [2.05, 4.69) is 63.7 Å². The number of methoxy groups -OCH3 is 4. The van der Waals surface area contributed by atoms with Gasteiger partial charge in [0.2, 0.25) is 5.79 Å². The SMILES string of the molecule is CO[C@@H]1C(Br)(Br)C(=O)C(Br)(Br)[C@@H](OC)C1(OC)OC. The molecule has 1 aliphatic rings. The van der Waals surface area contributed by atoms with Gasteiger partial charge in [0.05, 0.1) is 0 Å². The van der Waals surface area contributed by atoms with Gasteiger partial charge in [-0.15, -0.1) is 0 Å². The van der Waals surface area contributed by atoms with Crippen LogP contribution < -0.4 is 0 Å². The van der Waals surface area contributed by atoms with Crippen molar-refractivity contribution in [2.75, 3.05) is 28.4 Å². The topological polar surface area (TPSA) is 54.0 Å². The fourth-order valence-electron chi connectivity index (χ4n) is 2.24. The Morgan fingerprint density at radius 3 is 1.37 bits per heavy atom. The minimum absolute atomic E-state index is 0.261. The molecule has 1 saturated carbocycles. The molecule has 0 radical (unpaired) electrons. The molecule has 2 atom stereocenters. The van der Waals surface area contributed by atoms with E-state index in [-0.39, 0.29) is 5.78 Å². The van der Waals surface area contributed by atoms with Crippen molar-refractivity contribution < 1.29 is 23.7 Å². The number of hydrogen-bond acceptors (Lipinski definition) is 5. The Balaban J connectivity index is 3.51. The zero-order valence-corrected chi connectivity index (χ0v) is 17.1. The van der Waals surface area contributed by atoms with E-state index in [9.17, 15) is 4.79 Å². The van der Waals surface area contributed by atoms with Gasteiger partial charge in [-0.05, 0) is 0 Å². The highest BCUT2D eigenvalue weighted by Crippen LogP contribution is 2.56. The summed E-state index contributed by atoms with van der Waals surface area (Å²) in [6, 6.07) is 0. The maximum absolute atomic E-state index is 12.6. The highest BCUT2D eigenvalue weighted by Gasteiger charge is 2.72. The minimum atomic E-state index is -1.31. The average molecular weight is 534 g/mol. The number of halogens is 4. The smallest absolute Gasteiger partial charge is 0.226 e. The van der Waals surface area contributed by atoms with Crippen LogP contribution in [0.1, 0.15) is 0 Å². The maximum Gasteiger partial charge on any atom is 0.226 e. The first-order valence-corrected chi connectivity index (χ1v) is 8.30. The van der Waals surface area contributed by atoms with Crippen molar-refractivity contribution in [3.8, 4) is 0 Å². The number of hydrogen-bond donors (Lipinski definition) is 0. The molecule has 5 nitrogen and oxygen atoms in total. The number of alkyl halides is 4. The highest BCUT2D eigenvalue weighted by atomic mass is 79.9. The number of ether oxygens (including phenoxy) is 4. The fraction of sp³-hybridized carbons (Fsp3) is 0.900. The number of rotatable bonds is 4. The summed E-state index contributed by atoms with van der Waals surface area (Å²) in [5, 5.41) is 0. The summed E-state index contributed by atoms with van der Waals surface area (Å²) >= 11 is 13.4. The average Bonchev–Trinajstić information content (AvgIpc) is 2.35. The van der Waals surface area contributed by atoms with Gasteiger partial charge in [0.1, 0.15) is 12.2 Å². The summed E-state index contributed by atoms with van der Waals surface area (Å²) in [5.41, 5.74) is 0. The predicted octanol–water partition coefficient (Wildman–Crippen LogP) is 2.56. The molecule has 1 aliphatic carbocycles. The molecular formula is C10H14Br4O5. The van der Waals surface area contributed by atoms with Crippen molar-refractivity contribution in [1.29, 1.82) is 0 Å². The molecule has 0 unspecified atom stereocenters. The summed E-state index contributed by atoms with van der Waals surface area (Å²) in [5.74, 6) is -1.57. The summed E-state index contributed by atoms with van der Waals surface area (Å²) < 4.78 is 19.4. The second kappa shape index (κ2) is 6.28. The van der Waals surface area contributed by atoms with E-state index in [1.54, 1.807) is 0 Å². The van der Waals surface area contributed by atoms with Crippen LogP contribution in [0.4, 0.5) is 0 Å². The summed E-state index contributed by atoms with van der Waals surface area (Å²) in [7, 11) is 5.85. The van der Waals surface area contributed by atoms with Gasteiger partial charge in [-0.2, -0.15) is 0 Å². The van der Waals surface area contributed by atoms with Crippen molar-refractivity contribution in [2.45, 2.75) is 24.5 Å². The van der Waals surface area contributed by atoms with E-state index in [4.69, 9.17) is 18.9 Å². The number of carbonyl (C=O) groups excluding carboxylic acids is 1. The van der Waals surface area contributed by atoms with Crippen molar-refractivity contribution in [1.82, 2.24) is 0 Å². The van der Waals surface area contributed by atoms with Crippen LogP contribution in [0.3, 0.4) is 0 Å². The van der Waals surface area contributed by atoms with E-state index in [1.165, 1.54) is 28.4 Å². The van der Waals surface area contributed by atoms with Gasteiger partial charge in [0, 0.05) is 28.4 Å². The second-order valence-corrected chi connectivity index (χ2v) is 11.1. The van der Waals surface area contributed by atoms with Crippen LogP contribution in [-0.4, -0.2) is 58.7 Å². The van der Waals surface area contributed by atoms with Gasteiger partial charge in [0.25, 0.3) is 0 Å². The molecule has 0 N–H and O–H groups in total. The summed E-state index contributed by atoms with van der Waals surface area (Å²) in [6.45, 7) is 0. The van der Waals surface area contributed by atoms with Gasteiger partial charge in [-0.3, -0.25) is 4.79 Å². The quantitative estimate of drug-likeness (QED) is 0.411. The van der Waals surface area contributed by atoms with Crippen LogP contribution in [0, 0.1) is 0 Å². The molecule has 0 heterocycles. The van der Waals surface area contributed by atoms with E-state index >= 15 is 0 Å². The Morgan fingerprint density at radius 2 is 1.16 bits per heavy atom. The zero-order chi connectivity index (χ0) is 15.1. The first-order valence-electron chi connectivity index (χ1n) is 5.13. The Labute approximate surface area is 145 Å². The molecule has 0 aromatic heterocycles. The van der Waals surface area contributed by atoms with Crippen LogP contribution in [0.25, 0.3) is 0 Å². The van der Waals surface area contributed by atoms with Gasteiger partial charge >= 0.3 is 0 Å². The lowest BCUT2D eigenvalue weighted by Crippen LogP contribution is -2.75. The molecule has 0 spiro atoms. The molecule has 19 heavy (non-hydrogen) atoms. The molecule has 0 aromatic carbocycles. The fourth-order valence-corrected chi connectivity index (χ4v) is 6.58. The highest BCUT2D eigenvalue weighted by molar-refractivity contribution is 9.27. The van der Waals surface area contributed by atoms with Crippen LogP contribution >= 0.6 is 63.7 Å². The summed E-state index contributed by atoms with van der Waals surface area (Å²) in [6.07, 6.45) is -1.56. The second-order valence-electron chi connectivity index (χ2n) is 3.94. The molecule has 9 heteroatoms. The van der Waals surface area contributed by atoms with Crippen molar-refractivity contribution in [3.05, 3.63) is 0 Å². The predicted molar refractivity (Wildman–Crippen MR) is 84.5 cm³/mol. The minimum Gasteiger partial charge on any atom is -0.373 e. The third-order valence-corrected chi connectivity index (χ3v) is 6.21. The van der Waals surface area contributed by atoms with E-state index in [0.29, 0.717) is 0 Å². The Bertz CT molecular complexity index is 328. The molecule has 112 valence electrons. The van der Waals surface area contributed by atoms with Crippen molar-refractivity contribution in [3.63, 3.8) is 0 Å². The molecule has 0 amide bonds. The van der Waals surface area contributed by atoms with Gasteiger partial charge in [0.15, 0.2) is 12.3 Å². The van der Waals surface area contributed by atoms with Crippen molar-refractivity contribution >= 4 is 69.5 Å². The van der Waals surface area contributed by atoms with Crippen LogP contribution in [0.15, 0.2) is 0 Å². The normalized spacial score (nSPS) is 32.3. The maximum atomic E-state index is 12.6. The zero-order valence-electron chi connectivity index (χ0n) is 10.7. The molecule has 0 aromatic rings. The molecule has 1 fully saturated rings. The van der Waals surface area contributed by atoms with Crippen LogP contribution in [-0.2, 0) is 23.7 Å². The third kappa shape index (κ3) is 2.62. The van der Waals surface area contributed by atoms with Crippen LogP contribution in [0.2, 0.25) is 0 Å². The first kappa shape index (κ1) is 18.5. The lowest BCUT2D eigenvalue weighted by atomic mass is 9.86. The van der Waals surface area contributed by atoms with Crippen LogP contribution in [0.5, 0.6) is 0 Å². The molecular weight excluding hydrogens is 520 g/mol. The monoisotopic (exact) mass is 530 g/mol. The standard InChI is InChI=1S/C10H14Br4O5/c1-16-6-8(11,12)5(15)9(13,14)7(17-2)10(6,18-3)19-4/h6-7H,1-4H3/t6-,7-/m1/s1. The van der Waals surface area contributed by atoms with Gasteiger partial charge < -0.3 is 18.9 Å². The first-order chi connectivity index (χ1) is 8.66. The Morgan fingerprint density at radius 1 is 0.842 bits per heavy atom. The molecule has 1 rings (SSSR count). The lowest BCUT2D eigenvalue weighted by Gasteiger charge is -2.53. The molecule has 0 saturated heterocycles. The summed E-state index contributed by atoms with van der Waals surface area (Å²) in [4.78, 5) is 12.6. The van der Waals surface area contributed by atoms with Gasteiger partial charge in [-0.1, -0.05) is 63.7 Å². The van der Waals surface area contributed by atoms with E-state index in [1.807, 2.05) is 0 Å². The third-order valence-electron chi connectivity index (χ3n) is 3.10. The Kier molecular flexibility index (Phi) is 6.10. The van der Waals surface area contributed by atoms with Gasteiger partial charge in [-0.25, -0.2) is 0 Å². The number of Topliss-reactive ketones (excluding diaryl/α,β-unsaturated/α-hetero) is 1. The van der Waals surface area contributed by atoms with E-state index in [0.717, 1.165) is 0 Å². The molecule has 0 aliphatic heterocycles. The van der Waals surface area contributed by atoms with Crippen molar-refractivity contribution in [2.24, 2.45) is 0 Å². The lowest BCUT2D eigenvalue weighted by molar-refractivity contribution is -0.315. The Hall–Kier alpha value is 1.43. The molecule has 0 bridgehead atoms.